The van der Waals surface area contributed by atoms with E-state index in [0.29, 0.717) is 38.2 Å². The lowest BCUT2D eigenvalue weighted by molar-refractivity contribution is -0.141. The van der Waals surface area contributed by atoms with Crippen molar-refractivity contribution in [3.8, 4) is 40.3 Å². The van der Waals surface area contributed by atoms with E-state index in [1.165, 1.54) is 53.7 Å². The molecule has 0 atom stereocenters. The molecule has 24 nitrogen and oxygen atoms in total. The van der Waals surface area contributed by atoms with Gasteiger partial charge in [0.25, 0.3) is 17.4 Å². The van der Waals surface area contributed by atoms with Gasteiger partial charge in [-0.15, -0.1) is 5.11 Å². The van der Waals surface area contributed by atoms with E-state index in [1.807, 2.05) is 63.2 Å². The highest BCUT2D eigenvalue weighted by Crippen LogP contribution is 2.40. The number of anilines is 1. The number of nitrogens with one attached hydrogen (secondary N) is 1. The third-order valence-electron chi connectivity index (χ3n) is 13.2. The zero-order valence-corrected chi connectivity index (χ0v) is 47.4. The summed E-state index contributed by atoms with van der Waals surface area (Å²) in [6.45, 7) is 6.97. The van der Waals surface area contributed by atoms with Crippen molar-refractivity contribution < 1.29 is 63.3 Å². The first kappa shape index (κ1) is 60.2. The van der Waals surface area contributed by atoms with Crippen molar-refractivity contribution in [2.75, 3.05) is 32.2 Å². The number of benzene rings is 7. The third kappa shape index (κ3) is 13.4. The molecule has 0 aliphatic carbocycles. The first-order valence-corrected chi connectivity index (χ1v) is 26.3. The molecule has 0 bridgehead atoms. The summed E-state index contributed by atoms with van der Waals surface area (Å²) in [5.74, 6) is -3.25. The molecule has 0 saturated carbocycles. The number of phenolic OH excluding ortho intramolecular Hbond substituents is 2. The van der Waals surface area contributed by atoms with Crippen molar-refractivity contribution in [1.29, 1.82) is 0 Å². The van der Waals surface area contributed by atoms with E-state index in [4.69, 9.17) is 36.9 Å². The standard InChI is InChI=1S/C35H32N4O8.C25H24N6O6S/c1-19(2)26-18-28(23-8-4-5-9-24(23)31(26)40)47-17-16-46-22-14-12-21(13-15-22)37-38-30-20(3)29(32(36)41)33(42)39(34(30)43)27-11-7-6-10-25(27)35(44)45;1-15-8-4-7-11-19(15)26-23(34)18-12-20(16-9-5-6-10-17(16)22(18)33)37-25(35)30(13-21(32)36-3)14-31-24(38)29(2)27-28-31/h4-15,18-19,40,42H,16-17H2,1-3H3,(H2,36,41)(H,44,45);4-12,33H,13-14H2,1-3H3,(H,26,34). The summed E-state index contributed by atoms with van der Waals surface area (Å²) < 4.78 is 25.7. The van der Waals surface area contributed by atoms with E-state index in [-0.39, 0.29) is 75.9 Å². The minimum absolute atomic E-state index is 0.00376. The highest BCUT2D eigenvalue weighted by molar-refractivity contribution is 7.71. The van der Waals surface area contributed by atoms with Crippen molar-refractivity contribution in [2.24, 2.45) is 23.0 Å². The number of carbonyl (C=O) groups is 5. The lowest BCUT2D eigenvalue weighted by Gasteiger charge is -2.21. The second-order valence-electron chi connectivity index (χ2n) is 19.2. The Hall–Kier alpha value is -11.0. The van der Waals surface area contributed by atoms with Crippen molar-refractivity contribution in [2.45, 2.75) is 40.3 Å². The molecular weight excluding hydrogens is 1120 g/mol. The molecule has 9 rings (SSSR count). The van der Waals surface area contributed by atoms with E-state index >= 15 is 0 Å². The second kappa shape index (κ2) is 26.3. The number of phenols is 2. The van der Waals surface area contributed by atoms with E-state index in [2.05, 4.69) is 26.0 Å². The average molecular weight is 1170 g/mol. The van der Waals surface area contributed by atoms with Gasteiger partial charge < -0.3 is 50.4 Å². The number of fused-ring (bicyclic) bond motifs is 2. The average Bonchev–Trinajstić information content (AvgIpc) is 1.73. The number of esters is 1. The van der Waals surface area contributed by atoms with Crippen LogP contribution in [-0.4, -0.2) is 106 Å². The van der Waals surface area contributed by atoms with E-state index < -0.39 is 53.4 Å². The molecule has 2 aromatic heterocycles. The monoisotopic (exact) mass is 1170 g/mol. The zero-order valence-electron chi connectivity index (χ0n) is 46.5. The van der Waals surface area contributed by atoms with Crippen molar-refractivity contribution in [1.82, 2.24) is 29.3 Å². The quantitative estimate of drug-likeness (QED) is 0.0201. The van der Waals surface area contributed by atoms with Crippen LogP contribution >= 0.6 is 12.2 Å². The molecule has 0 aliphatic heterocycles. The number of methoxy groups -OCH3 is 1. The number of hydrogen-bond donors (Lipinski definition) is 6. The molecule has 0 saturated heterocycles. The molecule has 85 heavy (non-hydrogen) atoms. The van der Waals surface area contributed by atoms with Crippen molar-refractivity contribution >= 4 is 80.7 Å². The fraction of sp³-hybridized carbons (Fsp3) is 0.183. The highest BCUT2D eigenvalue weighted by atomic mass is 32.1. The molecule has 9 aromatic rings. The number of carboxylic acids is 1. The van der Waals surface area contributed by atoms with Crippen LogP contribution in [0.5, 0.6) is 34.6 Å². The minimum atomic E-state index is -1.35. The molecule has 0 aliphatic rings. The molecule has 0 fully saturated rings. The van der Waals surface area contributed by atoms with Gasteiger partial charge in [0.1, 0.15) is 60.7 Å². The number of pyridine rings is 1. The molecule has 7 aromatic carbocycles. The Bertz CT molecular complexity index is 4220. The Labute approximate surface area is 489 Å². The van der Waals surface area contributed by atoms with Gasteiger partial charge in [0.15, 0.2) is 5.69 Å². The van der Waals surface area contributed by atoms with Gasteiger partial charge in [-0.05, 0) is 103 Å². The summed E-state index contributed by atoms with van der Waals surface area (Å²) in [6, 6.07) is 36.4. The summed E-state index contributed by atoms with van der Waals surface area (Å²) in [6.07, 6.45) is -0.941. The maximum Gasteiger partial charge on any atom is 0.417 e. The van der Waals surface area contributed by atoms with Crippen LogP contribution in [0.25, 0.3) is 27.2 Å². The fourth-order valence-corrected chi connectivity index (χ4v) is 8.95. The Balaban J connectivity index is 0.000000226. The predicted octanol–water partition coefficient (Wildman–Crippen LogP) is 9.90. The number of carbonyl (C=O) groups excluding carboxylic acids is 4. The van der Waals surface area contributed by atoms with Crippen LogP contribution in [0.2, 0.25) is 0 Å². The number of tetrazole rings is 1. The maximum atomic E-state index is 13.5. The van der Waals surface area contributed by atoms with Gasteiger partial charge in [-0.2, -0.15) is 9.80 Å². The Morgan fingerprint density at radius 3 is 1.99 bits per heavy atom. The van der Waals surface area contributed by atoms with E-state index in [0.717, 1.165) is 26.8 Å². The number of aromatic carboxylic acids is 1. The van der Waals surface area contributed by atoms with E-state index in [9.17, 15) is 49.2 Å². The number of carboxylic acid groups (broad SMARTS) is 1. The molecule has 0 radical (unpaired) electrons. The number of aromatic nitrogens is 5. The number of para-hydroxylation sites is 2. The molecule has 7 N–H and O–H groups in total. The number of nitrogens with zero attached hydrogens (tertiary/aromatic N) is 8. The second-order valence-corrected chi connectivity index (χ2v) is 19.5. The number of aryl methyl sites for hydroxylation is 2. The molecular formula is C60H56N10O14S. The Morgan fingerprint density at radius 2 is 1.36 bits per heavy atom. The lowest BCUT2D eigenvalue weighted by Crippen LogP contribution is -2.39. The number of ether oxygens (including phenoxy) is 4. The molecule has 0 spiro atoms. The van der Waals surface area contributed by atoms with Crippen LogP contribution in [0, 0.1) is 18.6 Å². The maximum absolute atomic E-state index is 13.5. The number of nitrogens with two attached hydrogens (primary N) is 1. The number of amides is 3. The van der Waals surface area contributed by atoms with Gasteiger partial charge in [0.2, 0.25) is 10.7 Å². The normalized spacial score (nSPS) is 11.0. The Kier molecular flexibility index (Phi) is 18.6. The topological polar surface area (TPSA) is 327 Å². The minimum Gasteiger partial charge on any atom is -0.507 e. The van der Waals surface area contributed by atoms with Crippen LogP contribution in [0.4, 0.5) is 21.9 Å². The van der Waals surface area contributed by atoms with Gasteiger partial charge in [-0.1, -0.05) is 92.7 Å². The number of azo groups is 1. The lowest BCUT2D eigenvalue weighted by atomic mass is 9.97. The smallest absolute Gasteiger partial charge is 0.417 e. The van der Waals surface area contributed by atoms with Crippen LogP contribution in [0.3, 0.4) is 0 Å². The van der Waals surface area contributed by atoms with Gasteiger partial charge in [-0.25, -0.2) is 18.8 Å². The molecule has 25 heteroatoms. The summed E-state index contributed by atoms with van der Waals surface area (Å²) in [5.41, 5.74) is 5.83. The summed E-state index contributed by atoms with van der Waals surface area (Å²) in [4.78, 5) is 77.0. The molecule has 0 unspecified atom stereocenters. The predicted molar refractivity (Wildman–Crippen MR) is 315 cm³/mol. The summed E-state index contributed by atoms with van der Waals surface area (Å²) in [7, 11) is 2.77. The molecule has 2 heterocycles. The Morgan fingerprint density at radius 1 is 0.753 bits per heavy atom. The number of rotatable bonds is 18. The first-order chi connectivity index (χ1) is 40.7. The summed E-state index contributed by atoms with van der Waals surface area (Å²) >= 11 is 5.22. The van der Waals surface area contributed by atoms with Crippen LogP contribution in [0.15, 0.2) is 148 Å². The zero-order chi connectivity index (χ0) is 61.2. The van der Waals surface area contributed by atoms with E-state index in [1.54, 1.807) is 67.7 Å². The number of aromatic hydroxyl groups is 3. The van der Waals surface area contributed by atoms with Gasteiger partial charge in [-0.3, -0.25) is 24.1 Å². The number of primary amides is 1. The van der Waals surface area contributed by atoms with Crippen molar-refractivity contribution in [3.05, 3.63) is 182 Å². The fourth-order valence-electron chi connectivity index (χ4n) is 8.82. The molecule has 3 amide bonds. The summed E-state index contributed by atoms with van der Waals surface area (Å²) in [5, 5.41) is 62.8. The third-order valence-corrected chi connectivity index (χ3v) is 13.7. The van der Waals surface area contributed by atoms with Gasteiger partial charge >= 0.3 is 18.0 Å². The molecule has 436 valence electrons. The number of hydrogen-bond acceptors (Lipinski definition) is 18. The van der Waals surface area contributed by atoms with Gasteiger partial charge in [0, 0.05) is 45.4 Å². The SMILES string of the molecule is COC(=O)CN(Cn1nnn(C)c1=S)C(=O)Oc1cc(C(=O)Nc2ccccc2C)c(O)c2ccccc12.Cc1c(C(N)=O)c(O)n(-c2ccccc2C(=O)O)c(=O)c1N=Nc1ccc(OCCOc2cc(C(C)C)c(O)c3ccccc23)cc1. The largest absolute Gasteiger partial charge is 0.507 e. The van der Waals surface area contributed by atoms with Gasteiger partial charge in [0.05, 0.1) is 29.6 Å². The highest BCUT2D eigenvalue weighted by Gasteiger charge is 2.28. The van der Waals surface area contributed by atoms with Crippen LogP contribution < -0.4 is 30.8 Å². The van der Waals surface area contributed by atoms with Crippen LogP contribution in [0.1, 0.15) is 67.5 Å². The van der Waals surface area contributed by atoms with Crippen LogP contribution in [-0.2, 0) is 23.2 Å². The first-order valence-electron chi connectivity index (χ1n) is 25.9. The van der Waals surface area contributed by atoms with Crippen molar-refractivity contribution in [3.63, 3.8) is 0 Å².